The average Bonchev–Trinajstić information content (AvgIpc) is 3.14. The minimum atomic E-state index is -0.649. The van der Waals surface area contributed by atoms with Crippen LogP contribution in [0.25, 0.3) is 11.0 Å². The van der Waals surface area contributed by atoms with Crippen molar-refractivity contribution in [1.82, 2.24) is 4.98 Å². The molecule has 1 aliphatic heterocycles. The van der Waals surface area contributed by atoms with Gasteiger partial charge in [-0.15, -0.1) is 0 Å². The first kappa shape index (κ1) is 21.9. The van der Waals surface area contributed by atoms with Gasteiger partial charge in [0.05, 0.1) is 23.6 Å². The van der Waals surface area contributed by atoms with Crippen LogP contribution >= 0.6 is 0 Å². The maximum absolute atomic E-state index is 13.7. The van der Waals surface area contributed by atoms with Gasteiger partial charge >= 0.3 is 0 Å². The van der Waals surface area contributed by atoms with E-state index in [-0.39, 0.29) is 17.1 Å². The van der Waals surface area contributed by atoms with Gasteiger partial charge in [-0.05, 0) is 73.4 Å². The summed E-state index contributed by atoms with van der Waals surface area (Å²) in [6.07, 6.45) is 3.67. The summed E-state index contributed by atoms with van der Waals surface area (Å²) in [6.45, 7) is 6.68. The molecule has 5 rings (SSSR count). The number of aromatic nitrogens is 1. The van der Waals surface area contributed by atoms with Crippen LogP contribution in [0.3, 0.4) is 0 Å². The maximum atomic E-state index is 13.7. The van der Waals surface area contributed by atoms with E-state index in [4.69, 9.17) is 9.15 Å². The van der Waals surface area contributed by atoms with E-state index in [9.17, 15) is 9.59 Å². The van der Waals surface area contributed by atoms with Gasteiger partial charge in [0, 0.05) is 6.20 Å². The summed E-state index contributed by atoms with van der Waals surface area (Å²) in [4.78, 5) is 33.3. The largest absolute Gasteiger partial charge is 0.494 e. The Hall–Kier alpha value is -3.93. The molecule has 3 heterocycles. The van der Waals surface area contributed by atoms with E-state index < -0.39 is 6.04 Å². The van der Waals surface area contributed by atoms with Crippen molar-refractivity contribution in [2.24, 2.45) is 0 Å². The first-order valence-corrected chi connectivity index (χ1v) is 11.5. The number of aryl methyl sites for hydroxylation is 2. The Bertz CT molecular complexity index is 1430. The molecule has 0 radical (unpaired) electrons. The summed E-state index contributed by atoms with van der Waals surface area (Å²) in [5.74, 6) is 0.907. The lowest BCUT2D eigenvalue weighted by Crippen LogP contribution is -2.30. The molecule has 1 unspecified atom stereocenters. The van der Waals surface area contributed by atoms with E-state index in [1.807, 2.05) is 56.3 Å². The van der Waals surface area contributed by atoms with Gasteiger partial charge in [0.1, 0.15) is 17.2 Å². The van der Waals surface area contributed by atoms with Crippen molar-refractivity contribution in [3.8, 4) is 5.75 Å². The van der Waals surface area contributed by atoms with Crippen molar-refractivity contribution in [2.45, 2.75) is 39.7 Å². The first-order chi connectivity index (χ1) is 16.5. The number of rotatable bonds is 6. The number of amides is 1. The van der Waals surface area contributed by atoms with Crippen LogP contribution in [0.5, 0.6) is 5.75 Å². The molecule has 0 fully saturated rings. The molecule has 34 heavy (non-hydrogen) atoms. The van der Waals surface area contributed by atoms with Crippen LogP contribution in [-0.4, -0.2) is 17.5 Å². The molecule has 0 saturated carbocycles. The minimum absolute atomic E-state index is 0.0691. The van der Waals surface area contributed by atoms with E-state index in [0.29, 0.717) is 29.0 Å². The van der Waals surface area contributed by atoms with Crippen molar-refractivity contribution < 1.29 is 13.9 Å². The number of ether oxygens (including phenoxy) is 1. The zero-order chi connectivity index (χ0) is 23.8. The predicted molar refractivity (Wildman–Crippen MR) is 132 cm³/mol. The second-order valence-corrected chi connectivity index (χ2v) is 8.64. The van der Waals surface area contributed by atoms with Crippen LogP contribution < -0.4 is 15.1 Å². The monoisotopic (exact) mass is 454 g/mol. The van der Waals surface area contributed by atoms with E-state index in [1.165, 1.54) is 0 Å². The Morgan fingerprint density at radius 3 is 2.50 bits per heavy atom. The predicted octanol–water partition coefficient (Wildman–Crippen LogP) is 5.73. The fourth-order valence-corrected chi connectivity index (χ4v) is 4.36. The molecule has 0 bridgehead atoms. The molecule has 2 aromatic heterocycles. The third-order valence-corrected chi connectivity index (χ3v) is 6.35. The van der Waals surface area contributed by atoms with Crippen molar-refractivity contribution in [3.05, 3.63) is 99.0 Å². The van der Waals surface area contributed by atoms with Gasteiger partial charge in [0.25, 0.3) is 5.91 Å². The zero-order valence-electron chi connectivity index (χ0n) is 19.5. The van der Waals surface area contributed by atoms with E-state index in [1.54, 1.807) is 23.2 Å². The van der Waals surface area contributed by atoms with E-state index in [0.717, 1.165) is 35.3 Å². The van der Waals surface area contributed by atoms with Crippen molar-refractivity contribution in [3.63, 3.8) is 0 Å². The average molecular weight is 455 g/mol. The zero-order valence-corrected chi connectivity index (χ0v) is 19.5. The second-order valence-electron chi connectivity index (χ2n) is 8.64. The lowest BCUT2D eigenvalue weighted by atomic mass is 9.97. The molecule has 2 aromatic carbocycles. The fraction of sp³-hybridized carbons (Fsp3) is 0.250. The van der Waals surface area contributed by atoms with Crippen molar-refractivity contribution in [1.29, 1.82) is 0 Å². The van der Waals surface area contributed by atoms with Crippen LogP contribution in [0.2, 0.25) is 0 Å². The van der Waals surface area contributed by atoms with Gasteiger partial charge in [-0.1, -0.05) is 31.5 Å². The van der Waals surface area contributed by atoms with E-state index >= 15 is 0 Å². The number of fused-ring (bicyclic) bond motifs is 2. The third-order valence-electron chi connectivity index (χ3n) is 6.35. The van der Waals surface area contributed by atoms with Gasteiger partial charge < -0.3 is 9.15 Å². The van der Waals surface area contributed by atoms with Crippen LogP contribution in [-0.2, 0) is 0 Å². The molecule has 0 aliphatic carbocycles. The molecule has 172 valence electrons. The first-order valence-electron chi connectivity index (χ1n) is 11.5. The number of carbonyl (C=O) groups is 1. The summed E-state index contributed by atoms with van der Waals surface area (Å²) in [6, 6.07) is 15.9. The highest BCUT2D eigenvalue weighted by Crippen LogP contribution is 2.41. The highest BCUT2D eigenvalue weighted by Gasteiger charge is 2.44. The third kappa shape index (κ3) is 3.65. The van der Waals surface area contributed by atoms with E-state index in [2.05, 4.69) is 11.9 Å². The normalized spacial score (nSPS) is 15.1. The topological polar surface area (TPSA) is 72.6 Å². The molecular weight excluding hydrogens is 428 g/mol. The number of carbonyl (C=O) groups excluding carboxylic acids is 1. The minimum Gasteiger partial charge on any atom is -0.494 e. The van der Waals surface area contributed by atoms with Crippen LogP contribution in [0.1, 0.15) is 58.6 Å². The van der Waals surface area contributed by atoms with Crippen LogP contribution in [0.15, 0.2) is 70.0 Å². The number of pyridine rings is 1. The highest BCUT2D eigenvalue weighted by molar-refractivity contribution is 6.10. The molecule has 6 heteroatoms. The Morgan fingerprint density at radius 1 is 1.03 bits per heavy atom. The smallest absolute Gasteiger partial charge is 0.296 e. The molecule has 1 aliphatic rings. The Labute approximate surface area is 197 Å². The quantitative estimate of drug-likeness (QED) is 0.348. The number of hydrogen-bond acceptors (Lipinski definition) is 5. The lowest BCUT2D eigenvalue weighted by molar-refractivity contribution is 0.0970. The summed E-state index contributed by atoms with van der Waals surface area (Å²) in [5.41, 5.74) is 3.34. The van der Waals surface area contributed by atoms with Crippen LogP contribution in [0.4, 0.5) is 5.82 Å². The number of anilines is 1. The summed E-state index contributed by atoms with van der Waals surface area (Å²) in [5, 5.41) is 0.474. The van der Waals surface area contributed by atoms with Gasteiger partial charge in [-0.25, -0.2) is 4.98 Å². The number of hydrogen-bond donors (Lipinski definition) is 0. The molecule has 1 atom stereocenters. The molecule has 4 aromatic rings. The molecule has 6 nitrogen and oxygen atoms in total. The van der Waals surface area contributed by atoms with Gasteiger partial charge in [-0.3, -0.25) is 14.5 Å². The van der Waals surface area contributed by atoms with Crippen molar-refractivity contribution >= 4 is 22.7 Å². The SMILES string of the molecule is CCCCOc1ccc(C2c3c(oc4cc(C)c(C)cc4c3=O)C(=O)N2c2ccccn2)cc1. The van der Waals surface area contributed by atoms with Gasteiger partial charge in [-0.2, -0.15) is 0 Å². The molecular formula is C28H26N2O4. The van der Waals surface area contributed by atoms with Crippen LogP contribution in [0, 0.1) is 13.8 Å². The molecule has 0 spiro atoms. The number of benzene rings is 2. The highest BCUT2D eigenvalue weighted by atomic mass is 16.5. The molecule has 1 amide bonds. The Balaban J connectivity index is 1.68. The Kier molecular flexibility index (Phi) is 5.65. The molecule has 0 saturated heterocycles. The summed E-state index contributed by atoms with van der Waals surface area (Å²) in [7, 11) is 0. The number of unbranched alkanes of at least 4 members (excludes halogenated alkanes) is 1. The van der Waals surface area contributed by atoms with Gasteiger partial charge in [0.15, 0.2) is 5.43 Å². The fourth-order valence-electron chi connectivity index (χ4n) is 4.36. The van der Waals surface area contributed by atoms with Gasteiger partial charge in [0.2, 0.25) is 5.76 Å². The lowest BCUT2D eigenvalue weighted by Gasteiger charge is -2.24. The Morgan fingerprint density at radius 2 is 1.79 bits per heavy atom. The summed E-state index contributed by atoms with van der Waals surface area (Å²) >= 11 is 0. The van der Waals surface area contributed by atoms with Crippen molar-refractivity contribution in [2.75, 3.05) is 11.5 Å². The molecule has 0 N–H and O–H groups in total. The maximum Gasteiger partial charge on any atom is 0.296 e. The number of nitrogens with zero attached hydrogens (tertiary/aromatic N) is 2. The second kappa shape index (κ2) is 8.78. The standard InChI is InChI=1S/C28H26N2O4/c1-4-5-14-33-20-11-9-19(10-12-20)25-24-26(31)21-15-17(2)18(3)16-22(21)34-27(24)28(32)30(25)23-8-6-7-13-29-23/h6-13,15-16,25H,4-5,14H2,1-3H3. The summed E-state index contributed by atoms with van der Waals surface area (Å²) < 4.78 is 11.9.